The molecule has 0 aromatic rings. The van der Waals surface area contributed by atoms with Crippen LogP contribution < -0.4 is 21.3 Å². The summed E-state index contributed by atoms with van der Waals surface area (Å²) in [6.07, 6.45) is 9.26. The highest BCUT2D eigenvalue weighted by Gasteiger charge is 2.74. The molecule has 0 saturated heterocycles. The molecular weight excluding hydrogens is 1160 g/mol. The van der Waals surface area contributed by atoms with Gasteiger partial charge in [0, 0.05) is 73.0 Å². The molecule has 10 N–H and O–H groups in total. The number of carboxylic acids is 2. The molecule has 91 heavy (non-hydrogen) atoms. The summed E-state index contributed by atoms with van der Waals surface area (Å²) in [7, 11) is 0. The first-order valence-corrected chi connectivity index (χ1v) is 34.9. The topological polar surface area (TPSA) is 283 Å². The maximum Gasteiger partial charge on any atom is 0.309 e. The van der Waals surface area contributed by atoms with Crippen molar-refractivity contribution in [3.63, 3.8) is 0 Å². The summed E-state index contributed by atoms with van der Waals surface area (Å²) < 4.78 is 18.4. The average Bonchev–Trinajstić information content (AvgIpc) is 1.68. The number of ether oxygens (including phenoxy) is 3. The van der Waals surface area contributed by atoms with Crippen LogP contribution >= 0.6 is 0 Å². The summed E-state index contributed by atoms with van der Waals surface area (Å²) in [5, 5.41) is 82.8. The second-order valence-corrected chi connectivity index (χ2v) is 31.9. The average molecular weight is 1280 g/mol. The molecule has 7 unspecified atom stereocenters. The van der Waals surface area contributed by atoms with E-state index in [1.807, 2.05) is 13.8 Å². The maximum absolute atomic E-state index is 13.0. The minimum atomic E-state index is -0.995. The number of nitrogens with one attached hydrogen (secondary N) is 4. The Morgan fingerprint density at radius 1 is 0.538 bits per heavy atom. The van der Waals surface area contributed by atoms with Gasteiger partial charge >= 0.3 is 29.8 Å². The van der Waals surface area contributed by atoms with E-state index in [1.54, 1.807) is 0 Å². The molecule has 0 heterocycles. The number of hydrogen-bond donors (Lipinski definition) is 10. The maximum atomic E-state index is 13.0. The third kappa shape index (κ3) is 14.0. The van der Waals surface area contributed by atoms with Crippen molar-refractivity contribution in [2.24, 2.45) is 91.7 Å². The van der Waals surface area contributed by atoms with Gasteiger partial charge in [0.15, 0.2) is 6.23 Å². The molecule has 0 bridgehead atoms. The molecular formula is C73H118N4O14. The number of esters is 3. The van der Waals surface area contributed by atoms with Crippen molar-refractivity contribution < 1.29 is 68.8 Å². The lowest BCUT2D eigenvalue weighted by Gasteiger charge is -2.69. The lowest BCUT2D eigenvalue weighted by atomic mass is 9.36. The summed E-state index contributed by atoms with van der Waals surface area (Å²) in [6.45, 7) is 34.2. The number of fused-ring (bicyclic) bond motifs is 10. The van der Waals surface area contributed by atoms with E-state index < -0.39 is 88.3 Å². The third-order valence-corrected chi connectivity index (χ3v) is 26.2. The van der Waals surface area contributed by atoms with Crippen LogP contribution in [0.25, 0.3) is 0 Å². The molecule has 514 valence electrons. The number of aliphatic hydroxyl groups excluding tert-OH is 4. The zero-order chi connectivity index (χ0) is 67.1. The van der Waals surface area contributed by atoms with Gasteiger partial charge in [0.25, 0.3) is 0 Å². The molecule has 18 nitrogen and oxygen atoms in total. The normalized spacial score (nSPS) is 42.0. The van der Waals surface area contributed by atoms with E-state index in [9.17, 15) is 54.6 Å². The van der Waals surface area contributed by atoms with Crippen LogP contribution in [0.3, 0.4) is 0 Å². The smallest absolute Gasteiger partial charge is 0.309 e. The number of allylic oxidation sites excluding steroid dienone is 4. The lowest BCUT2D eigenvalue weighted by Crippen LogP contribution is -2.67. The fraction of sp³-hybridized carbons (Fsp3) is 0.822. The molecule has 0 radical (unpaired) electrons. The number of carbonyl (C=O) groups excluding carboxylic acids is 3. The Morgan fingerprint density at radius 3 is 1.31 bits per heavy atom. The number of aliphatic hydroxyl groups is 4. The van der Waals surface area contributed by atoms with Crippen LogP contribution in [0.1, 0.15) is 200 Å². The molecule has 0 aliphatic heterocycles. The second kappa shape index (κ2) is 28.7. The van der Waals surface area contributed by atoms with E-state index in [1.165, 1.54) is 37.5 Å². The molecule has 8 aliphatic rings. The largest absolute Gasteiger partial charge is 0.481 e. The SMILES string of the molecule is CC(=O)OC(CCNCCNCC(CCC=C(C)C)=C1[C@@H](OC(C)=O)C[C@@]2(C)[C@@H]1C[C@@H](O)C1[C@@]3(C)CC(C(=O)O)[C@@H](O)[C@@H](C)C3CC[C@@]12C)NCCNCC(CCC=C(C)C)=C1[C@@H](OC(C)=O)C[C@@]2(C)[C@@H]1C[C@@H](O)C1[C@@]3(C)CC(C(=O)O)[C@@H](O)[C@@H](C)C3CC[C@@]12C. The fourth-order valence-corrected chi connectivity index (χ4v) is 22.2. The van der Waals surface area contributed by atoms with Crippen LogP contribution in [0.5, 0.6) is 0 Å². The molecule has 18 heteroatoms. The first-order chi connectivity index (χ1) is 42.6. The number of hydrogen-bond acceptors (Lipinski definition) is 16. The van der Waals surface area contributed by atoms with Crippen molar-refractivity contribution in [3.8, 4) is 0 Å². The quantitative estimate of drug-likeness (QED) is 0.0134. The number of aliphatic carboxylic acids is 2. The van der Waals surface area contributed by atoms with Gasteiger partial charge in [-0.05, 0) is 209 Å². The number of carbonyl (C=O) groups is 5. The van der Waals surface area contributed by atoms with Crippen LogP contribution in [0.2, 0.25) is 0 Å². The first kappa shape index (κ1) is 72.8. The van der Waals surface area contributed by atoms with E-state index in [-0.39, 0.29) is 76.1 Å². The van der Waals surface area contributed by atoms with Gasteiger partial charge in [-0.2, -0.15) is 0 Å². The van der Waals surface area contributed by atoms with E-state index in [2.05, 4.69) is 103 Å². The minimum absolute atomic E-state index is 0.0587. The predicted molar refractivity (Wildman–Crippen MR) is 350 cm³/mol. The van der Waals surface area contributed by atoms with Gasteiger partial charge in [-0.1, -0.05) is 89.8 Å². The van der Waals surface area contributed by atoms with Crippen LogP contribution in [0.15, 0.2) is 45.6 Å². The monoisotopic (exact) mass is 1270 g/mol. The summed E-state index contributed by atoms with van der Waals surface area (Å²) in [5.41, 5.74) is 4.35. The summed E-state index contributed by atoms with van der Waals surface area (Å²) in [6, 6.07) is 0. The van der Waals surface area contributed by atoms with E-state index >= 15 is 0 Å². The molecule has 0 amide bonds. The summed E-state index contributed by atoms with van der Waals surface area (Å²) in [4.78, 5) is 63.8. The second-order valence-electron chi connectivity index (χ2n) is 31.9. The van der Waals surface area contributed by atoms with Crippen molar-refractivity contribution in [2.75, 3.05) is 45.8 Å². The Balaban J connectivity index is 0.914. The third-order valence-electron chi connectivity index (χ3n) is 26.2. The molecule has 0 aromatic heterocycles. The molecule has 8 rings (SSSR count). The highest BCUT2D eigenvalue weighted by Crippen LogP contribution is 2.77. The highest BCUT2D eigenvalue weighted by atomic mass is 16.6. The molecule has 0 aromatic carbocycles. The van der Waals surface area contributed by atoms with E-state index in [4.69, 9.17) is 14.2 Å². The molecule has 8 aliphatic carbocycles. The molecule has 8 saturated carbocycles. The van der Waals surface area contributed by atoms with Gasteiger partial charge in [0.05, 0.1) is 36.3 Å². The van der Waals surface area contributed by atoms with Gasteiger partial charge in [0.1, 0.15) is 12.2 Å². The Hall–Kier alpha value is -4.01. The van der Waals surface area contributed by atoms with Crippen LogP contribution in [0, 0.1) is 91.7 Å². The van der Waals surface area contributed by atoms with Gasteiger partial charge in [-0.25, -0.2) is 0 Å². The molecule has 8 fully saturated rings. The number of carboxylic acid groups (broad SMARTS) is 2. The highest BCUT2D eigenvalue weighted by molar-refractivity contribution is 5.72. The van der Waals surface area contributed by atoms with E-state index in [0.29, 0.717) is 90.8 Å². The van der Waals surface area contributed by atoms with E-state index in [0.717, 1.165) is 68.1 Å². The Bertz CT molecular complexity index is 2790. The van der Waals surface area contributed by atoms with Gasteiger partial charge in [0.2, 0.25) is 0 Å². The Kier molecular flexibility index (Phi) is 23.0. The lowest BCUT2D eigenvalue weighted by molar-refractivity contribution is -0.243. The van der Waals surface area contributed by atoms with Crippen molar-refractivity contribution in [3.05, 3.63) is 45.6 Å². The Morgan fingerprint density at radius 2 is 0.934 bits per heavy atom. The van der Waals surface area contributed by atoms with Crippen molar-refractivity contribution in [1.82, 2.24) is 21.3 Å². The van der Waals surface area contributed by atoms with Crippen molar-refractivity contribution in [2.45, 2.75) is 243 Å². The van der Waals surface area contributed by atoms with Crippen molar-refractivity contribution >= 4 is 29.8 Å². The minimum Gasteiger partial charge on any atom is -0.481 e. The zero-order valence-corrected chi connectivity index (χ0v) is 58.0. The molecule has 0 spiro atoms. The van der Waals surface area contributed by atoms with Crippen molar-refractivity contribution in [1.29, 1.82) is 0 Å². The van der Waals surface area contributed by atoms with Gasteiger partial charge < -0.3 is 60.8 Å². The first-order valence-electron chi connectivity index (χ1n) is 34.9. The Labute approximate surface area is 543 Å². The summed E-state index contributed by atoms with van der Waals surface area (Å²) >= 11 is 0. The van der Waals surface area contributed by atoms with Gasteiger partial charge in [-0.3, -0.25) is 29.3 Å². The summed E-state index contributed by atoms with van der Waals surface area (Å²) in [5.74, 6) is -5.80. The van der Waals surface area contributed by atoms with Crippen LogP contribution in [-0.4, -0.2) is 149 Å². The predicted octanol–water partition coefficient (Wildman–Crippen LogP) is 9.44. The fourth-order valence-electron chi connectivity index (χ4n) is 22.2. The number of rotatable bonds is 25. The van der Waals surface area contributed by atoms with Crippen LogP contribution in [0.4, 0.5) is 0 Å². The van der Waals surface area contributed by atoms with Crippen LogP contribution in [-0.2, 0) is 38.2 Å². The zero-order valence-electron chi connectivity index (χ0n) is 58.0. The van der Waals surface area contributed by atoms with Gasteiger partial charge in [-0.15, -0.1) is 0 Å². The molecule has 23 atom stereocenters. The standard InChI is InChI=1S/C73H118N4O14/c1-40(2)18-16-20-47(60-53-32-55(81)64-68(10)34-49(66(85)86)62(83)42(5)51(68)22-25-70(64,12)72(53,14)36-57(60)89-44(7)78)38-75-29-28-74-27-24-59(91-46(9)80)77-31-30-76-39-48(21-17-19-41(3)4)61-54-33-56(82)65-69(11)35-50(67(87)88)63(84)43(6)52(69)23-26-71(65,13)73(54,15)37-58(61)90-45(8)79/h18-19,42-43,49-59,62-65,74-77,81-84H,16-17,20-39H2,1-15H3,(H,85,86)(H,87,88)/t42-,43-,49?,50?,51?,52?,53+,54+,55+,56+,57-,58-,59?,62-,63-,64?,65?,68-,69-,70-,71-,72-,73-/m0/s1.